The Kier molecular flexibility index (Phi) is 9.03. The van der Waals surface area contributed by atoms with E-state index in [-0.39, 0.29) is 5.92 Å². The van der Waals surface area contributed by atoms with E-state index < -0.39 is 0 Å². The summed E-state index contributed by atoms with van der Waals surface area (Å²) in [6, 6.07) is 0. The second kappa shape index (κ2) is 11.1. The molecule has 0 N–H and O–H groups in total. The second-order valence-corrected chi connectivity index (χ2v) is 7.65. The van der Waals surface area contributed by atoms with Crippen LogP contribution in [0.5, 0.6) is 0 Å². The minimum absolute atomic E-state index is 0.288. The van der Waals surface area contributed by atoms with Crippen molar-refractivity contribution in [3.8, 4) is 0 Å². The Hall–Kier alpha value is -0.570. The van der Waals surface area contributed by atoms with Crippen molar-refractivity contribution in [1.29, 1.82) is 0 Å². The summed E-state index contributed by atoms with van der Waals surface area (Å²) in [6.07, 6.45) is 15.8. The van der Waals surface area contributed by atoms with Gasteiger partial charge in [0.2, 0.25) is 5.91 Å². The summed E-state index contributed by atoms with van der Waals surface area (Å²) in [5.41, 5.74) is 0. The molecule has 0 aliphatic carbocycles. The zero-order chi connectivity index (χ0) is 16.3. The third-order valence-corrected chi connectivity index (χ3v) is 5.60. The third-order valence-electron chi connectivity index (χ3n) is 5.60. The van der Waals surface area contributed by atoms with E-state index in [2.05, 4.69) is 16.7 Å². The molecule has 2 rings (SSSR count). The molecule has 0 aromatic carbocycles. The fourth-order valence-corrected chi connectivity index (χ4v) is 4.13. The Bertz CT molecular complexity index is 326. The molecule has 2 aliphatic rings. The minimum Gasteiger partial charge on any atom is -0.342 e. The molecule has 0 aromatic rings. The van der Waals surface area contributed by atoms with Crippen LogP contribution in [0.4, 0.5) is 0 Å². The van der Waals surface area contributed by atoms with Crippen molar-refractivity contribution in [3.63, 3.8) is 0 Å². The molecular weight excluding hydrogens is 284 g/mol. The normalized spacial score (nSPS) is 22.7. The van der Waals surface area contributed by atoms with Gasteiger partial charge < -0.3 is 9.80 Å². The first-order valence-electron chi connectivity index (χ1n) is 10.3. The predicted molar refractivity (Wildman–Crippen MR) is 97.6 cm³/mol. The van der Waals surface area contributed by atoms with Crippen molar-refractivity contribution in [2.45, 2.75) is 84.0 Å². The van der Waals surface area contributed by atoms with Crippen LogP contribution in [0, 0.1) is 5.92 Å². The van der Waals surface area contributed by atoms with E-state index in [1.165, 1.54) is 83.7 Å². The van der Waals surface area contributed by atoms with Crippen LogP contribution in [-0.4, -0.2) is 48.4 Å². The van der Waals surface area contributed by atoms with Crippen molar-refractivity contribution in [2.75, 3.05) is 32.7 Å². The zero-order valence-electron chi connectivity index (χ0n) is 15.4. The Morgan fingerprint density at radius 1 is 0.870 bits per heavy atom. The Balaban J connectivity index is 1.54. The maximum absolute atomic E-state index is 12.5. The van der Waals surface area contributed by atoms with Gasteiger partial charge in [-0.2, -0.15) is 0 Å². The smallest absolute Gasteiger partial charge is 0.226 e. The summed E-state index contributed by atoms with van der Waals surface area (Å²) in [4.78, 5) is 17.2. The fraction of sp³-hybridized carbons (Fsp3) is 0.950. The molecule has 2 fully saturated rings. The Morgan fingerprint density at radius 2 is 1.52 bits per heavy atom. The van der Waals surface area contributed by atoms with Crippen molar-refractivity contribution in [3.05, 3.63) is 0 Å². The van der Waals surface area contributed by atoms with Gasteiger partial charge >= 0.3 is 0 Å². The minimum atomic E-state index is 0.288. The highest BCUT2D eigenvalue weighted by Gasteiger charge is 2.30. The molecule has 0 radical (unpaired) electrons. The van der Waals surface area contributed by atoms with Crippen LogP contribution in [0.2, 0.25) is 0 Å². The number of unbranched alkanes of at least 4 members (excludes halogenated alkanes) is 7. The highest BCUT2D eigenvalue weighted by Crippen LogP contribution is 2.21. The third kappa shape index (κ3) is 6.82. The van der Waals surface area contributed by atoms with Crippen LogP contribution in [0.15, 0.2) is 0 Å². The number of carbonyl (C=O) groups is 1. The van der Waals surface area contributed by atoms with Gasteiger partial charge in [-0.25, -0.2) is 0 Å². The molecule has 2 heterocycles. The molecular formula is C20H38N2O. The maximum Gasteiger partial charge on any atom is 0.226 e. The van der Waals surface area contributed by atoms with Crippen LogP contribution in [0.3, 0.4) is 0 Å². The van der Waals surface area contributed by atoms with Crippen molar-refractivity contribution < 1.29 is 4.79 Å². The number of piperidine rings is 1. The van der Waals surface area contributed by atoms with E-state index in [0.717, 1.165) is 26.1 Å². The van der Waals surface area contributed by atoms with Gasteiger partial charge in [0.05, 0.1) is 5.92 Å². The molecule has 1 atom stereocenters. The molecule has 0 aromatic heterocycles. The SMILES string of the molecule is CCCCCCCCCCN1CCC[C@H](C(=O)N2CCCC2)C1. The Morgan fingerprint density at radius 3 is 2.22 bits per heavy atom. The number of likely N-dealkylation sites (tertiary alicyclic amines) is 2. The monoisotopic (exact) mass is 322 g/mol. The lowest BCUT2D eigenvalue weighted by molar-refractivity contribution is -0.136. The zero-order valence-corrected chi connectivity index (χ0v) is 15.4. The highest BCUT2D eigenvalue weighted by molar-refractivity contribution is 5.79. The van der Waals surface area contributed by atoms with E-state index in [0.29, 0.717) is 5.91 Å². The molecule has 3 heteroatoms. The van der Waals surface area contributed by atoms with E-state index in [1.807, 2.05) is 0 Å². The predicted octanol–water partition coefficient (Wildman–Crippen LogP) is 4.46. The average Bonchev–Trinajstić information content (AvgIpc) is 3.11. The maximum atomic E-state index is 12.5. The summed E-state index contributed by atoms with van der Waals surface area (Å²) in [5.74, 6) is 0.735. The van der Waals surface area contributed by atoms with Crippen LogP contribution in [0.1, 0.15) is 84.0 Å². The number of rotatable bonds is 10. The second-order valence-electron chi connectivity index (χ2n) is 7.65. The largest absolute Gasteiger partial charge is 0.342 e. The lowest BCUT2D eigenvalue weighted by Gasteiger charge is -2.33. The summed E-state index contributed by atoms with van der Waals surface area (Å²) >= 11 is 0. The van der Waals surface area contributed by atoms with Crippen molar-refractivity contribution in [1.82, 2.24) is 9.80 Å². The molecule has 0 saturated carbocycles. The molecule has 3 nitrogen and oxygen atoms in total. The van der Waals surface area contributed by atoms with Gasteiger partial charge in [-0.3, -0.25) is 4.79 Å². The summed E-state index contributed by atoms with van der Waals surface area (Å²) in [5, 5.41) is 0. The first-order chi connectivity index (χ1) is 11.3. The lowest BCUT2D eigenvalue weighted by Crippen LogP contribution is -2.44. The molecule has 134 valence electrons. The van der Waals surface area contributed by atoms with Crippen LogP contribution in [0.25, 0.3) is 0 Å². The van der Waals surface area contributed by atoms with Gasteiger partial charge in [-0.15, -0.1) is 0 Å². The van der Waals surface area contributed by atoms with Crippen LogP contribution >= 0.6 is 0 Å². The van der Waals surface area contributed by atoms with Gasteiger partial charge in [-0.1, -0.05) is 51.9 Å². The number of hydrogen-bond donors (Lipinski definition) is 0. The first kappa shape index (κ1) is 18.8. The van der Waals surface area contributed by atoms with Gasteiger partial charge in [0.1, 0.15) is 0 Å². The molecule has 0 unspecified atom stereocenters. The van der Waals surface area contributed by atoms with Crippen LogP contribution < -0.4 is 0 Å². The first-order valence-corrected chi connectivity index (χ1v) is 10.3. The van der Waals surface area contributed by atoms with Gasteiger partial charge in [-0.05, 0) is 45.2 Å². The van der Waals surface area contributed by atoms with Crippen molar-refractivity contribution in [2.24, 2.45) is 5.92 Å². The molecule has 0 spiro atoms. The molecule has 23 heavy (non-hydrogen) atoms. The lowest BCUT2D eigenvalue weighted by atomic mass is 9.96. The quantitative estimate of drug-likeness (QED) is 0.554. The molecule has 2 aliphatic heterocycles. The van der Waals surface area contributed by atoms with E-state index >= 15 is 0 Å². The number of nitrogens with zero attached hydrogens (tertiary/aromatic N) is 2. The van der Waals surface area contributed by atoms with E-state index in [1.54, 1.807) is 0 Å². The van der Waals surface area contributed by atoms with E-state index in [4.69, 9.17) is 0 Å². The van der Waals surface area contributed by atoms with E-state index in [9.17, 15) is 4.79 Å². The fourth-order valence-electron chi connectivity index (χ4n) is 4.13. The molecule has 1 amide bonds. The standard InChI is InChI=1S/C20H38N2O/c1-2-3-4-5-6-7-8-9-14-21-15-12-13-19(18-21)20(23)22-16-10-11-17-22/h19H,2-18H2,1H3/t19-/m0/s1. The topological polar surface area (TPSA) is 23.6 Å². The molecule has 0 bridgehead atoms. The average molecular weight is 323 g/mol. The van der Waals surface area contributed by atoms with Gasteiger partial charge in [0.25, 0.3) is 0 Å². The highest BCUT2D eigenvalue weighted by atomic mass is 16.2. The summed E-state index contributed by atoms with van der Waals surface area (Å²) in [6.45, 7) is 7.73. The van der Waals surface area contributed by atoms with Crippen LogP contribution in [-0.2, 0) is 4.79 Å². The number of hydrogen-bond acceptors (Lipinski definition) is 2. The van der Waals surface area contributed by atoms with Gasteiger partial charge in [0, 0.05) is 19.6 Å². The number of carbonyl (C=O) groups excluding carboxylic acids is 1. The Labute approximate surface area is 143 Å². The number of amides is 1. The summed E-state index contributed by atoms with van der Waals surface area (Å²) < 4.78 is 0. The molecule has 2 saturated heterocycles. The van der Waals surface area contributed by atoms with Gasteiger partial charge in [0.15, 0.2) is 0 Å². The van der Waals surface area contributed by atoms with Crippen molar-refractivity contribution >= 4 is 5.91 Å². The summed E-state index contributed by atoms with van der Waals surface area (Å²) in [7, 11) is 0.